The first-order valence-electron chi connectivity index (χ1n) is 5.47. The minimum absolute atomic E-state index is 0.231. The topological polar surface area (TPSA) is 87.4 Å². The van der Waals surface area contributed by atoms with E-state index in [9.17, 15) is 4.79 Å². The van der Waals surface area contributed by atoms with E-state index in [2.05, 4.69) is 15.8 Å². The van der Waals surface area contributed by atoms with E-state index in [1.807, 2.05) is 12.1 Å². The smallest absolute Gasteiger partial charge is 0.321 e. The quantitative estimate of drug-likeness (QED) is 0.768. The fraction of sp³-hybridized carbons (Fsp3) is 0.167. The molecule has 6 heteroatoms. The fourth-order valence-corrected chi connectivity index (χ4v) is 1.42. The summed E-state index contributed by atoms with van der Waals surface area (Å²) in [6.45, 7) is 0.491. The molecule has 3 N–H and O–H groups in total. The van der Waals surface area contributed by atoms with E-state index in [1.54, 1.807) is 18.2 Å². The molecule has 1 aromatic heterocycles. The lowest BCUT2D eigenvalue weighted by atomic mass is 10.1. The summed E-state index contributed by atoms with van der Waals surface area (Å²) >= 11 is 0. The zero-order chi connectivity index (χ0) is 12.8. The van der Waals surface area contributed by atoms with Crippen LogP contribution in [0.4, 0.5) is 10.7 Å². The van der Waals surface area contributed by atoms with Gasteiger partial charge in [0.05, 0.1) is 6.20 Å². The minimum atomic E-state index is -0.342. The van der Waals surface area contributed by atoms with Crippen molar-refractivity contribution in [2.75, 3.05) is 11.9 Å². The number of benzene rings is 1. The lowest BCUT2D eigenvalue weighted by Gasteiger charge is -2.05. The maximum absolute atomic E-state index is 11.4. The van der Waals surface area contributed by atoms with Gasteiger partial charge in [-0.15, -0.1) is 0 Å². The summed E-state index contributed by atoms with van der Waals surface area (Å²) in [5.41, 5.74) is 1.03. The molecule has 0 aliphatic heterocycles. The summed E-state index contributed by atoms with van der Waals surface area (Å²) in [5, 5.41) is 17.8. The molecule has 1 heterocycles. The molecular formula is C12H13N3O3. The molecule has 2 amide bonds. The molecule has 0 atom stereocenters. The fourth-order valence-electron chi connectivity index (χ4n) is 1.42. The molecule has 0 bridgehead atoms. The van der Waals surface area contributed by atoms with Crippen molar-refractivity contribution in [1.82, 2.24) is 10.5 Å². The van der Waals surface area contributed by atoms with Gasteiger partial charge in [-0.1, -0.05) is 17.3 Å². The second-order valence-electron chi connectivity index (χ2n) is 3.67. The summed E-state index contributed by atoms with van der Waals surface area (Å²) in [6, 6.07) is 8.06. The molecule has 0 aliphatic rings. The largest absolute Gasteiger partial charge is 0.508 e. The second-order valence-corrected chi connectivity index (χ2v) is 3.67. The highest BCUT2D eigenvalue weighted by Crippen LogP contribution is 2.09. The summed E-state index contributed by atoms with van der Waals surface area (Å²) in [6.07, 6.45) is 2.14. The SMILES string of the molecule is O=C(NCCc1ccc(O)cc1)Nc1ccno1. The maximum Gasteiger partial charge on any atom is 0.321 e. The van der Waals surface area contributed by atoms with Gasteiger partial charge < -0.3 is 14.9 Å². The number of hydrogen-bond acceptors (Lipinski definition) is 4. The Hall–Kier alpha value is -2.50. The van der Waals surface area contributed by atoms with Crippen LogP contribution in [-0.4, -0.2) is 22.8 Å². The number of hydrogen-bond donors (Lipinski definition) is 3. The van der Waals surface area contributed by atoms with Crippen LogP contribution in [-0.2, 0) is 6.42 Å². The Labute approximate surface area is 104 Å². The predicted molar refractivity (Wildman–Crippen MR) is 65.3 cm³/mol. The monoisotopic (exact) mass is 247 g/mol. The van der Waals surface area contributed by atoms with Crippen LogP contribution in [0.5, 0.6) is 5.75 Å². The Bertz CT molecular complexity index is 494. The lowest BCUT2D eigenvalue weighted by molar-refractivity contribution is 0.251. The van der Waals surface area contributed by atoms with Crippen LogP contribution >= 0.6 is 0 Å². The average Bonchev–Trinajstić information content (AvgIpc) is 2.84. The average molecular weight is 247 g/mol. The van der Waals surface area contributed by atoms with Crippen LogP contribution in [0, 0.1) is 0 Å². The predicted octanol–water partition coefficient (Wildman–Crippen LogP) is 1.74. The van der Waals surface area contributed by atoms with Crippen LogP contribution < -0.4 is 10.6 Å². The molecule has 0 spiro atoms. The van der Waals surface area contributed by atoms with E-state index in [0.717, 1.165) is 5.56 Å². The van der Waals surface area contributed by atoms with Crippen molar-refractivity contribution in [1.29, 1.82) is 0 Å². The third-order valence-electron chi connectivity index (χ3n) is 2.31. The van der Waals surface area contributed by atoms with Crippen molar-refractivity contribution in [3.05, 3.63) is 42.1 Å². The molecule has 0 saturated carbocycles. The van der Waals surface area contributed by atoms with Crippen LogP contribution in [0.2, 0.25) is 0 Å². The van der Waals surface area contributed by atoms with Gasteiger partial charge in [0.15, 0.2) is 0 Å². The molecule has 0 unspecified atom stereocenters. The van der Waals surface area contributed by atoms with Gasteiger partial charge in [-0.3, -0.25) is 5.32 Å². The van der Waals surface area contributed by atoms with Gasteiger partial charge in [0.25, 0.3) is 0 Å². The highest BCUT2D eigenvalue weighted by molar-refractivity contribution is 5.87. The van der Waals surface area contributed by atoms with Crippen LogP contribution in [0.25, 0.3) is 0 Å². The number of amides is 2. The maximum atomic E-state index is 11.4. The molecule has 2 aromatic rings. The molecule has 0 radical (unpaired) electrons. The molecule has 0 aliphatic carbocycles. The van der Waals surface area contributed by atoms with Crippen molar-refractivity contribution in [2.45, 2.75) is 6.42 Å². The van der Waals surface area contributed by atoms with Crippen molar-refractivity contribution in [3.63, 3.8) is 0 Å². The van der Waals surface area contributed by atoms with Gasteiger partial charge in [0, 0.05) is 12.6 Å². The number of aromatic hydroxyl groups is 1. The first kappa shape index (κ1) is 12.0. The molecule has 1 aromatic carbocycles. The first-order chi connectivity index (χ1) is 8.74. The highest BCUT2D eigenvalue weighted by atomic mass is 16.5. The van der Waals surface area contributed by atoms with Crippen molar-refractivity contribution < 1.29 is 14.4 Å². The Morgan fingerprint density at radius 3 is 2.72 bits per heavy atom. The summed E-state index contributed by atoms with van der Waals surface area (Å²) in [4.78, 5) is 11.4. The van der Waals surface area contributed by atoms with Crippen molar-refractivity contribution in [2.24, 2.45) is 0 Å². The lowest BCUT2D eigenvalue weighted by Crippen LogP contribution is -2.30. The Kier molecular flexibility index (Phi) is 3.80. The molecule has 18 heavy (non-hydrogen) atoms. The minimum Gasteiger partial charge on any atom is -0.508 e. The third kappa shape index (κ3) is 3.51. The van der Waals surface area contributed by atoms with Gasteiger partial charge in [-0.25, -0.2) is 4.79 Å². The van der Waals surface area contributed by atoms with Crippen LogP contribution in [0.3, 0.4) is 0 Å². The molecular weight excluding hydrogens is 234 g/mol. The first-order valence-corrected chi connectivity index (χ1v) is 5.47. The summed E-state index contributed by atoms with van der Waals surface area (Å²) in [5.74, 6) is 0.534. The molecule has 94 valence electrons. The summed E-state index contributed by atoms with van der Waals surface area (Å²) < 4.78 is 4.73. The number of phenols is 1. The number of nitrogens with one attached hydrogen (secondary N) is 2. The highest BCUT2D eigenvalue weighted by Gasteiger charge is 2.03. The Morgan fingerprint density at radius 2 is 2.06 bits per heavy atom. The number of aromatic nitrogens is 1. The Morgan fingerprint density at radius 1 is 1.28 bits per heavy atom. The van der Waals surface area contributed by atoms with E-state index in [-0.39, 0.29) is 11.8 Å². The normalized spacial score (nSPS) is 10.0. The van der Waals surface area contributed by atoms with Gasteiger partial charge in [0.1, 0.15) is 5.75 Å². The van der Waals surface area contributed by atoms with Crippen molar-refractivity contribution >= 4 is 11.9 Å². The van der Waals surface area contributed by atoms with E-state index in [1.165, 1.54) is 6.20 Å². The number of nitrogens with zero attached hydrogens (tertiary/aromatic N) is 1. The van der Waals surface area contributed by atoms with Gasteiger partial charge >= 0.3 is 6.03 Å². The zero-order valence-electron chi connectivity index (χ0n) is 9.59. The third-order valence-corrected chi connectivity index (χ3v) is 2.31. The summed E-state index contributed by atoms with van der Waals surface area (Å²) in [7, 11) is 0. The van der Waals surface area contributed by atoms with Gasteiger partial charge in [0.2, 0.25) is 5.88 Å². The van der Waals surface area contributed by atoms with E-state index >= 15 is 0 Å². The van der Waals surface area contributed by atoms with Gasteiger partial charge in [-0.2, -0.15) is 0 Å². The second kappa shape index (κ2) is 5.72. The number of carbonyl (C=O) groups is 1. The zero-order valence-corrected chi connectivity index (χ0v) is 9.59. The van der Waals surface area contributed by atoms with Crippen molar-refractivity contribution in [3.8, 4) is 5.75 Å². The molecule has 0 fully saturated rings. The number of rotatable bonds is 4. The van der Waals surface area contributed by atoms with E-state index < -0.39 is 0 Å². The Balaban J connectivity index is 1.72. The van der Waals surface area contributed by atoms with Gasteiger partial charge in [-0.05, 0) is 24.1 Å². The van der Waals surface area contributed by atoms with Crippen LogP contribution in [0.15, 0.2) is 41.1 Å². The standard InChI is InChI=1S/C12H13N3O3/c16-10-3-1-9(2-4-10)5-7-13-12(17)15-11-6-8-14-18-11/h1-4,6,8,16H,5,7H2,(H2,13,15,17). The molecule has 2 rings (SSSR count). The number of carbonyl (C=O) groups excluding carboxylic acids is 1. The molecule has 6 nitrogen and oxygen atoms in total. The number of anilines is 1. The van der Waals surface area contributed by atoms with Crippen LogP contribution in [0.1, 0.15) is 5.56 Å². The molecule has 0 saturated heterocycles. The number of phenolic OH excluding ortho intramolecular Hbond substituents is 1. The van der Waals surface area contributed by atoms with E-state index in [0.29, 0.717) is 18.8 Å². The number of urea groups is 1. The van der Waals surface area contributed by atoms with E-state index in [4.69, 9.17) is 9.63 Å².